The van der Waals surface area contributed by atoms with Gasteiger partial charge in [-0.1, -0.05) is 12.1 Å². The van der Waals surface area contributed by atoms with Gasteiger partial charge in [0.25, 0.3) is 5.91 Å². The number of amides is 1. The molecule has 1 atom stereocenters. The van der Waals surface area contributed by atoms with E-state index in [2.05, 4.69) is 10.2 Å². The van der Waals surface area contributed by atoms with E-state index in [0.29, 0.717) is 28.7 Å². The fourth-order valence-corrected chi connectivity index (χ4v) is 3.08. The van der Waals surface area contributed by atoms with E-state index in [-0.39, 0.29) is 24.6 Å². The Morgan fingerprint density at radius 2 is 1.93 bits per heavy atom. The average molecular weight is 397 g/mol. The van der Waals surface area contributed by atoms with Crippen molar-refractivity contribution in [3.8, 4) is 11.5 Å². The molecule has 29 heavy (non-hydrogen) atoms. The summed E-state index contributed by atoms with van der Waals surface area (Å²) in [5.74, 6) is 1.69. The van der Waals surface area contributed by atoms with E-state index < -0.39 is 17.6 Å². The normalized spacial score (nSPS) is 15.2. The van der Waals surface area contributed by atoms with E-state index in [1.54, 1.807) is 39.1 Å². The molecule has 1 aliphatic heterocycles. The molecule has 2 aromatic heterocycles. The van der Waals surface area contributed by atoms with Crippen molar-refractivity contribution in [3.05, 3.63) is 69.4 Å². The second-order valence-electron chi connectivity index (χ2n) is 6.73. The molecule has 1 aromatic carbocycles. The van der Waals surface area contributed by atoms with Crippen molar-refractivity contribution in [2.24, 2.45) is 0 Å². The zero-order valence-corrected chi connectivity index (χ0v) is 16.2. The predicted molar refractivity (Wildman–Crippen MR) is 99.9 cm³/mol. The highest BCUT2D eigenvalue weighted by molar-refractivity contribution is 5.94. The summed E-state index contributed by atoms with van der Waals surface area (Å²) in [4.78, 5) is 26.7. The SMILES string of the molecule is Cc1nnc(CN(C)C(=O)c2c(C)cc(C3COc4ccccc4O3)oc2=O)o1. The third kappa shape index (κ3) is 3.71. The third-order valence-corrected chi connectivity index (χ3v) is 4.49. The van der Waals surface area contributed by atoms with Crippen molar-refractivity contribution in [2.45, 2.75) is 26.5 Å². The van der Waals surface area contributed by atoms with Gasteiger partial charge in [-0.05, 0) is 30.7 Å². The molecule has 0 aliphatic carbocycles. The summed E-state index contributed by atoms with van der Waals surface area (Å²) in [6.07, 6.45) is -0.584. The number of hydrogen-bond acceptors (Lipinski definition) is 8. The lowest BCUT2D eigenvalue weighted by Crippen LogP contribution is -2.32. The Hall–Kier alpha value is -3.62. The van der Waals surface area contributed by atoms with Crippen molar-refractivity contribution in [2.75, 3.05) is 13.7 Å². The van der Waals surface area contributed by atoms with Crippen LogP contribution in [0.15, 0.2) is 44.0 Å². The molecule has 1 amide bonds. The number of carbonyl (C=O) groups is 1. The van der Waals surface area contributed by atoms with Crippen LogP contribution >= 0.6 is 0 Å². The van der Waals surface area contributed by atoms with E-state index in [9.17, 15) is 9.59 Å². The molecule has 0 radical (unpaired) electrons. The molecule has 9 heteroatoms. The maximum absolute atomic E-state index is 12.8. The molecule has 1 unspecified atom stereocenters. The molecule has 4 rings (SSSR count). The Kier molecular flexibility index (Phi) is 4.79. The largest absolute Gasteiger partial charge is 0.485 e. The van der Waals surface area contributed by atoms with Crippen molar-refractivity contribution < 1.29 is 23.1 Å². The van der Waals surface area contributed by atoms with Crippen LogP contribution in [-0.2, 0) is 6.54 Å². The lowest BCUT2D eigenvalue weighted by atomic mass is 10.1. The van der Waals surface area contributed by atoms with Crippen LogP contribution in [0.1, 0.15) is 39.6 Å². The summed E-state index contributed by atoms with van der Waals surface area (Å²) in [5.41, 5.74) is -0.303. The minimum atomic E-state index is -0.735. The fraction of sp³-hybridized carbons (Fsp3) is 0.300. The number of aryl methyl sites for hydroxylation is 2. The number of nitrogens with zero attached hydrogens (tertiary/aromatic N) is 3. The van der Waals surface area contributed by atoms with Crippen LogP contribution in [0.4, 0.5) is 0 Å². The van der Waals surface area contributed by atoms with Crippen LogP contribution in [0.2, 0.25) is 0 Å². The van der Waals surface area contributed by atoms with Crippen molar-refractivity contribution in [1.29, 1.82) is 0 Å². The van der Waals surface area contributed by atoms with Gasteiger partial charge < -0.3 is 23.2 Å². The molecule has 3 aromatic rings. The lowest BCUT2D eigenvalue weighted by Gasteiger charge is -2.26. The number of para-hydroxylation sites is 2. The number of benzene rings is 1. The molecule has 0 N–H and O–H groups in total. The number of ether oxygens (including phenoxy) is 2. The van der Waals surface area contributed by atoms with Gasteiger partial charge in [-0.15, -0.1) is 10.2 Å². The Morgan fingerprint density at radius 3 is 2.62 bits per heavy atom. The van der Waals surface area contributed by atoms with Crippen molar-refractivity contribution in [3.63, 3.8) is 0 Å². The highest BCUT2D eigenvalue weighted by Gasteiger charge is 2.28. The topological polar surface area (TPSA) is 108 Å². The molecule has 150 valence electrons. The van der Waals surface area contributed by atoms with Gasteiger partial charge in [0.1, 0.15) is 12.2 Å². The lowest BCUT2D eigenvalue weighted by molar-refractivity contribution is 0.0705. The molecule has 0 saturated heterocycles. The van der Waals surface area contributed by atoms with Gasteiger partial charge in [-0.3, -0.25) is 4.79 Å². The molecule has 9 nitrogen and oxygen atoms in total. The van der Waals surface area contributed by atoms with E-state index in [1.165, 1.54) is 4.90 Å². The summed E-state index contributed by atoms with van der Waals surface area (Å²) >= 11 is 0. The van der Waals surface area contributed by atoms with Crippen LogP contribution in [0.25, 0.3) is 0 Å². The maximum atomic E-state index is 12.8. The zero-order valence-electron chi connectivity index (χ0n) is 16.2. The molecular weight excluding hydrogens is 378 g/mol. The average Bonchev–Trinajstić information content (AvgIpc) is 3.11. The highest BCUT2D eigenvalue weighted by Crippen LogP contribution is 2.35. The molecule has 3 heterocycles. The fourth-order valence-electron chi connectivity index (χ4n) is 3.08. The minimum absolute atomic E-state index is 0.0513. The highest BCUT2D eigenvalue weighted by atomic mass is 16.6. The molecule has 0 saturated carbocycles. The minimum Gasteiger partial charge on any atom is -0.485 e. The molecular formula is C20H19N3O6. The molecule has 0 spiro atoms. The first kappa shape index (κ1) is 18.7. The third-order valence-electron chi connectivity index (χ3n) is 4.49. The van der Waals surface area contributed by atoms with Crippen LogP contribution in [-0.4, -0.2) is 34.7 Å². The van der Waals surface area contributed by atoms with Crippen molar-refractivity contribution in [1.82, 2.24) is 15.1 Å². The number of rotatable bonds is 4. The summed E-state index contributed by atoms with van der Waals surface area (Å²) in [5, 5.41) is 7.58. The number of fused-ring (bicyclic) bond motifs is 1. The van der Waals surface area contributed by atoms with E-state index in [0.717, 1.165) is 0 Å². The second kappa shape index (κ2) is 7.42. The van der Waals surface area contributed by atoms with Gasteiger partial charge in [0.2, 0.25) is 11.8 Å². The van der Waals surface area contributed by atoms with E-state index >= 15 is 0 Å². The second-order valence-corrected chi connectivity index (χ2v) is 6.73. The van der Waals surface area contributed by atoms with Crippen LogP contribution < -0.4 is 15.1 Å². The first-order valence-corrected chi connectivity index (χ1v) is 9.00. The molecule has 0 bridgehead atoms. The number of aromatic nitrogens is 2. The van der Waals surface area contributed by atoms with Crippen LogP contribution in [0.5, 0.6) is 11.5 Å². The Morgan fingerprint density at radius 1 is 1.17 bits per heavy atom. The van der Waals surface area contributed by atoms with Gasteiger partial charge in [0.15, 0.2) is 23.4 Å². The van der Waals surface area contributed by atoms with Crippen LogP contribution in [0, 0.1) is 13.8 Å². The van der Waals surface area contributed by atoms with Gasteiger partial charge in [0, 0.05) is 14.0 Å². The Labute approximate surface area is 165 Å². The smallest absolute Gasteiger partial charge is 0.349 e. The van der Waals surface area contributed by atoms with Gasteiger partial charge >= 0.3 is 5.63 Å². The van der Waals surface area contributed by atoms with Crippen molar-refractivity contribution >= 4 is 5.91 Å². The summed E-state index contributed by atoms with van der Waals surface area (Å²) in [6, 6.07) is 8.88. The number of carbonyl (C=O) groups excluding carboxylic acids is 1. The Bertz CT molecular complexity index is 1120. The van der Waals surface area contributed by atoms with E-state index in [4.69, 9.17) is 18.3 Å². The van der Waals surface area contributed by atoms with Gasteiger partial charge in [-0.2, -0.15) is 0 Å². The molecule has 1 aliphatic rings. The summed E-state index contributed by atoms with van der Waals surface area (Å²) < 4.78 is 22.2. The maximum Gasteiger partial charge on any atom is 0.349 e. The standard InChI is InChI=1S/C20H19N3O6/c1-11-8-15(16-10-26-13-6-4-5-7-14(13)28-16)29-20(25)18(11)19(24)23(3)9-17-22-21-12(2)27-17/h4-8,16H,9-10H2,1-3H3. The zero-order chi connectivity index (χ0) is 20.5. The van der Waals surface area contributed by atoms with Gasteiger partial charge in [0.05, 0.1) is 6.54 Å². The Balaban J connectivity index is 1.56. The van der Waals surface area contributed by atoms with Crippen LogP contribution in [0.3, 0.4) is 0 Å². The first-order valence-electron chi connectivity index (χ1n) is 9.00. The van der Waals surface area contributed by atoms with E-state index in [1.807, 2.05) is 12.1 Å². The summed E-state index contributed by atoms with van der Waals surface area (Å²) in [6.45, 7) is 3.61. The summed E-state index contributed by atoms with van der Waals surface area (Å²) in [7, 11) is 1.55. The van der Waals surface area contributed by atoms with Gasteiger partial charge in [-0.25, -0.2) is 4.79 Å². The molecule has 0 fully saturated rings. The number of hydrogen-bond donors (Lipinski definition) is 0. The monoisotopic (exact) mass is 397 g/mol. The first-order chi connectivity index (χ1) is 13.9. The predicted octanol–water partition coefficient (Wildman–Crippen LogP) is 2.42. The quantitative estimate of drug-likeness (QED) is 0.660.